The van der Waals surface area contributed by atoms with Crippen molar-refractivity contribution in [1.82, 2.24) is 15.3 Å². The van der Waals surface area contributed by atoms with Crippen LogP contribution in [0.2, 0.25) is 0 Å². The largest absolute Gasteiger partial charge is 0.288 e. The first-order chi connectivity index (χ1) is 9.99. The fourth-order valence-corrected chi connectivity index (χ4v) is 1.59. The van der Waals surface area contributed by atoms with Crippen molar-refractivity contribution in [3.8, 4) is 0 Å². The number of nitro groups is 1. The summed E-state index contributed by atoms with van der Waals surface area (Å²) in [5.74, 6) is -1.39. The second kappa shape index (κ2) is 5.87. The van der Waals surface area contributed by atoms with E-state index in [1.165, 1.54) is 25.4 Å². The van der Waals surface area contributed by atoms with Crippen molar-refractivity contribution in [2.24, 2.45) is 0 Å². The second-order valence-corrected chi connectivity index (χ2v) is 4.11. The minimum atomic E-state index is -0.752. The Morgan fingerprint density at radius 2 is 2.05 bits per heavy atom. The Labute approximate surface area is 119 Å². The van der Waals surface area contributed by atoms with Crippen LogP contribution in [0.1, 0.15) is 26.4 Å². The summed E-state index contributed by atoms with van der Waals surface area (Å²) in [5, 5.41) is 12.8. The zero-order valence-corrected chi connectivity index (χ0v) is 10.9. The molecule has 8 nitrogen and oxygen atoms in total. The van der Waals surface area contributed by atoms with Crippen LogP contribution in [0.3, 0.4) is 0 Å². The predicted octanol–water partition coefficient (Wildman–Crippen LogP) is 1.26. The monoisotopic (exact) mass is 286 g/mol. The van der Waals surface area contributed by atoms with Gasteiger partial charge in [-0.05, 0) is 19.1 Å². The lowest BCUT2D eigenvalue weighted by Gasteiger charge is -2.06. The minimum absolute atomic E-state index is 0.0264. The fourth-order valence-electron chi connectivity index (χ4n) is 1.59. The van der Waals surface area contributed by atoms with Gasteiger partial charge in [0.05, 0.1) is 21.7 Å². The van der Waals surface area contributed by atoms with Crippen molar-refractivity contribution in [3.05, 3.63) is 63.7 Å². The van der Waals surface area contributed by atoms with Crippen molar-refractivity contribution in [3.63, 3.8) is 0 Å². The quantitative estimate of drug-likeness (QED) is 0.516. The summed E-state index contributed by atoms with van der Waals surface area (Å²) in [6.07, 6.45) is 3.85. The summed E-state index contributed by atoms with van der Waals surface area (Å²) in [7, 11) is 0. The first-order valence-electron chi connectivity index (χ1n) is 5.86. The highest BCUT2D eigenvalue weighted by atomic mass is 16.6. The molecule has 2 rings (SSSR count). The number of nitrogens with one attached hydrogen (secondary N) is 1. The van der Waals surface area contributed by atoms with E-state index in [2.05, 4.69) is 15.3 Å². The van der Waals surface area contributed by atoms with E-state index in [9.17, 15) is 19.7 Å². The molecule has 0 radical (unpaired) electrons. The lowest BCUT2D eigenvalue weighted by molar-refractivity contribution is -0.385. The molecule has 2 aromatic heterocycles. The van der Waals surface area contributed by atoms with Gasteiger partial charge >= 0.3 is 0 Å². The van der Waals surface area contributed by atoms with E-state index in [1.54, 1.807) is 6.07 Å². The number of aryl methyl sites for hydroxylation is 1. The van der Waals surface area contributed by atoms with Gasteiger partial charge in [0.2, 0.25) is 0 Å². The fraction of sp³-hybridized carbons (Fsp3) is 0.0769. The van der Waals surface area contributed by atoms with E-state index in [0.29, 0.717) is 0 Å². The van der Waals surface area contributed by atoms with E-state index in [4.69, 9.17) is 0 Å². The molecule has 0 saturated heterocycles. The molecule has 1 N–H and O–H groups in total. The highest BCUT2D eigenvalue weighted by Crippen LogP contribution is 2.14. The highest BCUT2D eigenvalue weighted by Gasteiger charge is 2.18. The van der Waals surface area contributed by atoms with Gasteiger partial charge in [-0.2, -0.15) is 0 Å². The molecule has 0 fully saturated rings. The van der Waals surface area contributed by atoms with Crippen molar-refractivity contribution in [2.75, 3.05) is 0 Å². The van der Waals surface area contributed by atoms with Gasteiger partial charge in [-0.15, -0.1) is 0 Å². The molecule has 0 saturated carbocycles. The molecule has 0 aliphatic heterocycles. The number of amides is 2. The number of pyridine rings is 2. The molecule has 0 unspecified atom stereocenters. The van der Waals surface area contributed by atoms with Crippen molar-refractivity contribution in [2.45, 2.75) is 6.92 Å². The molecule has 0 aliphatic rings. The van der Waals surface area contributed by atoms with E-state index in [-0.39, 0.29) is 22.5 Å². The summed E-state index contributed by atoms with van der Waals surface area (Å²) in [6, 6.07) is 4.13. The maximum atomic E-state index is 12.0. The molecule has 2 amide bonds. The van der Waals surface area contributed by atoms with E-state index in [1.807, 2.05) is 0 Å². The number of carbonyl (C=O) groups excluding carboxylic acids is 2. The summed E-state index contributed by atoms with van der Waals surface area (Å²) in [5.41, 5.74) is 0.153. The number of carbonyl (C=O) groups is 2. The van der Waals surface area contributed by atoms with Crippen molar-refractivity contribution < 1.29 is 14.5 Å². The third-order valence-corrected chi connectivity index (χ3v) is 2.68. The summed E-state index contributed by atoms with van der Waals surface area (Å²) >= 11 is 0. The number of rotatable bonds is 3. The molecule has 8 heteroatoms. The zero-order valence-electron chi connectivity index (χ0n) is 10.9. The molecule has 21 heavy (non-hydrogen) atoms. The maximum absolute atomic E-state index is 12.0. The van der Waals surface area contributed by atoms with Crippen LogP contribution in [-0.2, 0) is 0 Å². The van der Waals surface area contributed by atoms with E-state index < -0.39 is 16.7 Å². The predicted molar refractivity (Wildman–Crippen MR) is 71.7 cm³/mol. The third kappa shape index (κ3) is 3.24. The molecule has 2 aromatic rings. The van der Waals surface area contributed by atoms with Gasteiger partial charge in [0.25, 0.3) is 17.5 Å². The lowest BCUT2D eigenvalue weighted by atomic mass is 10.1. The van der Waals surface area contributed by atoms with Gasteiger partial charge in [-0.1, -0.05) is 0 Å². The molecule has 0 bridgehead atoms. The van der Waals surface area contributed by atoms with Crippen LogP contribution in [0.5, 0.6) is 0 Å². The summed E-state index contributed by atoms with van der Waals surface area (Å²) in [4.78, 5) is 41.4. The number of hydrogen-bond acceptors (Lipinski definition) is 6. The number of nitrogens with zero attached hydrogens (tertiary/aromatic N) is 3. The van der Waals surface area contributed by atoms with Gasteiger partial charge in [-0.25, -0.2) is 0 Å². The minimum Gasteiger partial charge on any atom is -0.288 e. The van der Waals surface area contributed by atoms with E-state index >= 15 is 0 Å². The number of aromatic nitrogens is 2. The topological polar surface area (TPSA) is 115 Å². The third-order valence-electron chi connectivity index (χ3n) is 2.68. The van der Waals surface area contributed by atoms with Crippen LogP contribution < -0.4 is 5.32 Å². The molecule has 106 valence electrons. The molecule has 0 aliphatic carbocycles. The van der Waals surface area contributed by atoms with Crippen LogP contribution in [0.15, 0.2) is 36.8 Å². The molecular formula is C13H10N4O4. The van der Waals surface area contributed by atoms with Crippen LogP contribution in [0.25, 0.3) is 0 Å². The van der Waals surface area contributed by atoms with Crippen molar-refractivity contribution >= 4 is 17.5 Å². The van der Waals surface area contributed by atoms with Crippen LogP contribution in [0.4, 0.5) is 5.69 Å². The first-order valence-corrected chi connectivity index (χ1v) is 5.86. The van der Waals surface area contributed by atoms with Crippen LogP contribution >= 0.6 is 0 Å². The number of hydrogen-bond donors (Lipinski definition) is 1. The Balaban J connectivity index is 2.23. The smallest absolute Gasteiger partial charge is 0.288 e. The SMILES string of the molecule is Cc1ncc([N+](=O)[O-])cc1C(=O)NC(=O)c1cccnc1. The molecule has 0 aromatic carbocycles. The Morgan fingerprint density at radius 3 is 2.67 bits per heavy atom. The van der Waals surface area contributed by atoms with Gasteiger partial charge in [0, 0.05) is 18.5 Å². The first kappa shape index (κ1) is 14.3. The Kier molecular flexibility index (Phi) is 3.98. The normalized spacial score (nSPS) is 9.95. The highest BCUT2D eigenvalue weighted by molar-refractivity contribution is 6.10. The molecular weight excluding hydrogens is 276 g/mol. The molecule has 0 spiro atoms. The summed E-state index contributed by atoms with van der Waals surface area (Å²) in [6.45, 7) is 1.52. The average molecular weight is 286 g/mol. The second-order valence-electron chi connectivity index (χ2n) is 4.11. The van der Waals surface area contributed by atoms with Crippen LogP contribution in [-0.4, -0.2) is 26.7 Å². The molecule has 2 heterocycles. The van der Waals surface area contributed by atoms with Gasteiger partial charge < -0.3 is 0 Å². The van der Waals surface area contributed by atoms with Crippen molar-refractivity contribution in [1.29, 1.82) is 0 Å². The Bertz CT molecular complexity index is 715. The Hall–Kier alpha value is -3.16. The van der Waals surface area contributed by atoms with Gasteiger partial charge in [0.1, 0.15) is 6.20 Å². The van der Waals surface area contributed by atoms with Gasteiger partial charge in [0.15, 0.2) is 0 Å². The average Bonchev–Trinajstić information content (AvgIpc) is 2.48. The van der Waals surface area contributed by atoms with Crippen LogP contribution in [0, 0.1) is 17.0 Å². The maximum Gasteiger partial charge on any atom is 0.288 e. The molecule has 0 atom stereocenters. The Morgan fingerprint density at radius 1 is 1.29 bits per heavy atom. The van der Waals surface area contributed by atoms with Gasteiger partial charge in [-0.3, -0.25) is 35.0 Å². The zero-order chi connectivity index (χ0) is 15.4. The lowest BCUT2D eigenvalue weighted by Crippen LogP contribution is -2.31. The number of imide groups is 1. The van der Waals surface area contributed by atoms with E-state index in [0.717, 1.165) is 12.3 Å². The summed E-state index contributed by atoms with van der Waals surface area (Å²) < 4.78 is 0. The standard InChI is InChI=1S/C13H10N4O4/c1-8-11(5-10(7-15-8)17(20)21)13(19)16-12(18)9-3-2-4-14-6-9/h2-7H,1H3,(H,16,18,19).